The Hall–Kier alpha value is -2.98. The first kappa shape index (κ1) is 14.4. The normalized spacial score (nSPS) is 12.2. The molecule has 25 heavy (non-hydrogen) atoms. The Balaban J connectivity index is 1.50. The highest BCUT2D eigenvalue weighted by molar-refractivity contribution is 7.99. The zero-order chi connectivity index (χ0) is 16.6. The number of fused-ring (bicyclic) bond motifs is 2. The molecule has 0 N–H and O–H groups in total. The van der Waals surface area contributed by atoms with Crippen LogP contribution in [0.15, 0.2) is 93.2 Å². The van der Waals surface area contributed by atoms with Gasteiger partial charge in [0.25, 0.3) is 0 Å². The number of nitrogens with zero attached hydrogens (tertiary/aromatic N) is 1. The molecule has 4 aromatic rings. The number of aromatic nitrogens is 1. The standard InChI is InChI=1S/C21H13NO2S/c1-2-6-14(7-3-1)21-22-13-18(24-21)15-10-11-17-20(12-15)25-19-9-5-4-8-16(19)23-17/h1-13H. The molecule has 3 nitrogen and oxygen atoms in total. The number of para-hydroxylation sites is 1. The van der Waals surface area contributed by atoms with Crippen LogP contribution < -0.4 is 4.74 Å². The topological polar surface area (TPSA) is 35.3 Å². The van der Waals surface area contributed by atoms with Crippen LogP contribution in [0.4, 0.5) is 0 Å². The van der Waals surface area contributed by atoms with Crippen LogP contribution in [0.2, 0.25) is 0 Å². The summed E-state index contributed by atoms with van der Waals surface area (Å²) in [6, 6.07) is 24.0. The third-order valence-corrected chi connectivity index (χ3v) is 5.14. The van der Waals surface area contributed by atoms with Gasteiger partial charge in [0.1, 0.15) is 11.5 Å². The summed E-state index contributed by atoms with van der Waals surface area (Å²) < 4.78 is 11.9. The van der Waals surface area contributed by atoms with E-state index >= 15 is 0 Å². The largest absolute Gasteiger partial charge is 0.455 e. The predicted molar refractivity (Wildman–Crippen MR) is 98.0 cm³/mol. The first-order valence-electron chi connectivity index (χ1n) is 7.97. The summed E-state index contributed by atoms with van der Waals surface area (Å²) in [5, 5.41) is 0. The monoisotopic (exact) mass is 343 g/mol. The van der Waals surface area contributed by atoms with Gasteiger partial charge in [-0.1, -0.05) is 42.1 Å². The zero-order valence-electron chi connectivity index (χ0n) is 13.2. The summed E-state index contributed by atoms with van der Waals surface area (Å²) >= 11 is 1.71. The molecule has 0 unspecified atom stereocenters. The summed E-state index contributed by atoms with van der Waals surface area (Å²) in [4.78, 5) is 6.60. The first-order valence-corrected chi connectivity index (χ1v) is 8.79. The van der Waals surface area contributed by atoms with Crippen LogP contribution >= 0.6 is 11.8 Å². The summed E-state index contributed by atoms with van der Waals surface area (Å²) in [6.07, 6.45) is 1.77. The average molecular weight is 343 g/mol. The van der Waals surface area contributed by atoms with Crippen molar-refractivity contribution in [2.24, 2.45) is 0 Å². The Labute approximate surface area is 149 Å². The maximum absolute atomic E-state index is 5.98. The lowest BCUT2D eigenvalue weighted by Gasteiger charge is -2.19. The molecule has 1 aliphatic heterocycles. The van der Waals surface area contributed by atoms with Gasteiger partial charge in [-0.15, -0.1) is 0 Å². The van der Waals surface area contributed by atoms with Crippen molar-refractivity contribution in [1.29, 1.82) is 0 Å². The third kappa shape index (κ3) is 2.61. The van der Waals surface area contributed by atoms with Gasteiger partial charge in [-0.25, -0.2) is 4.98 Å². The van der Waals surface area contributed by atoms with Gasteiger partial charge >= 0.3 is 0 Å². The zero-order valence-corrected chi connectivity index (χ0v) is 14.0. The Kier molecular flexibility index (Phi) is 3.35. The van der Waals surface area contributed by atoms with Crippen LogP contribution in [0.3, 0.4) is 0 Å². The van der Waals surface area contributed by atoms with E-state index < -0.39 is 0 Å². The minimum absolute atomic E-state index is 0.627. The van der Waals surface area contributed by atoms with Crippen LogP contribution in [0.25, 0.3) is 22.8 Å². The molecule has 1 aliphatic rings. The van der Waals surface area contributed by atoms with Crippen molar-refractivity contribution in [2.45, 2.75) is 9.79 Å². The number of rotatable bonds is 2. The van der Waals surface area contributed by atoms with Gasteiger partial charge in [0.05, 0.1) is 16.0 Å². The second kappa shape index (κ2) is 5.83. The third-order valence-electron chi connectivity index (χ3n) is 4.04. The molecule has 0 saturated heterocycles. The number of oxazole rings is 1. The molecule has 120 valence electrons. The van der Waals surface area contributed by atoms with Gasteiger partial charge < -0.3 is 9.15 Å². The van der Waals surface area contributed by atoms with Crippen LogP contribution in [0.1, 0.15) is 0 Å². The van der Waals surface area contributed by atoms with Crippen LogP contribution in [-0.2, 0) is 0 Å². The molecule has 0 fully saturated rings. The SMILES string of the molecule is c1ccc(-c2ncc(-c3ccc4c(c3)Sc3ccccc3O4)o2)cc1. The lowest BCUT2D eigenvalue weighted by molar-refractivity contribution is 0.454. The van der Waals surface area contributed by atoms with Crippen molar-refractivity contribution in [3.05, 3.63) is 79.0 Å². The van der Waals surface area contributed by atoms with Gasteiger partial charge in [-0.2, -0.15) is 0 Å². The minimum Gasteiger partial charge on any atom is -0.455 e. The maximum atomic E-state index is 5.98. The molecule has 2 heterocycles. The van der Waals surface area contributed by atoms with E-state index in [9.17, 15) is 0 Å². The molecular formula is C21H13NO2S. The van der Waals surface area contributed by atoms with Crippen molar-refractivity contribution in [1.82, 2.24) is 4.98 Å². The number of hydrogen-bond donors (Lipinski definition) is 0. The van der Waals surface area contributed by atoms with Crippen molar-refractivity contribution in [2.75, 3.05) is 0 Å². The molecule has 4 heteroatoms. The second-order valence-corrected chi connectivity index (χ2v) is 6.79. The molecule has 0 bridgehead atoms. The molecule has 0 atom stereocenters. The van der Waals surface area contributed by atoms with Gasteiger partial charge in [0, 0.05) is 11.1 Å². The molecule has 0 saturated carbocycles. The van der Waals surface area contributed by atoms with E-state index in [4.69, 9.17) is 9.15 Å². The second-order valence-electron chi connectivity index (χ2n) is 5.71. The summed E-state index contributed by atoms with van der Waals surface area (Å²) in [6.45, 7) is 0. The van der Waals surface area contributed by atoms with Crippen LogP contribution in [0.5, 0.6) is 11.5 Å². The van der Waals surface area contributed by atoms with Gasteiger partial charge in [-0.3, -0.25) is 0 Å². The van der Waals surface area contributed by atoms with Gasteiger partial charge in [0.2, 0.25) is 5.89 Å². The van der Waals surface area contributed by atoms with Crippen molar-refractivity contribution in [3.8, 4) is 34.3 Å². The highest BCUT2D eigenvalue weighted by atomic mass is 32.2. The fourth-order valence-electron chi connectivity index (χ4n) is 2.80. The Morgan fingerprint density at radius 3 is 2.44 bits per heavy atom. The van der Waals surface area contributed by atoms with E-state index in [0.717, 1.165) is 38.2 Å². The molecule has 3 aromatic carbocycles. The Morgan fingerprint density at radius 2 is 1.52 bits per heavy atom. The maximum Gasteiger partial charge on any atom is 0.226 e. The number of benzene rings is 3. The lowest BCUT2D eigenvalue weighted by atomic mass is 10.2. The predicted octanol–water partition coefficient (Wildman–Crippen LogP) is 6.27. The van der Waals surface area contributed by atoms with Crippen LogP contribution in [-0.4, -0.2) is 4.98 Å². The van der Waals surface area contributed by atoms with Crippen molar-refractivity contribution in [3.63, 3.8) is 0 Å². The smallest absolute Gasteiger partial charge is 0.226 e. The fourth-order valence-corrected chi connectivity index (χ4v) is 3.79. The molecule has 5 rings (SSSR count). The summed E-state index contributed by atoms with van der Waals surface area (Å²) in [7, 11) is 0. The van der Waals surface area contributed by atoms with Crippen molar-refractivity contribution >= 4 is 11.8 Å². The highest BCUT2D eigenvalue weighted by Crippen LogP contribution is 2.47. The molecule has 0 aliphatic carbocycles. The first-order chi connectivity index (χ1) is 12.4. The van der Waals surface area contributed by atoms with Gasteiger partial charge in [0.15, 0.2) is 5.76 Å². The summed E-state index contributed by atoms with van der Waals surface area (Å²) in [5.74, 6) is 3.15. The Bertz CT molecular complexity index is 1060. The van der Waals surface area contributed by atoms with E-state index in [2.05, 4.69) is 17.1 Å². The molecule has 1 aromatic heterocycles. The number of hydrogen-bond acceptors (Lipinski definition) is 4. The van der Waals surface area contributed by atoms with E-state index in [0.29, 0.717) is 5.89 Å². The summed E-state index contributed by atoms with van der Waals surface area (Å²) in [5.41, 5.74) is 1.96. The van der Waals surface area contributed by atoms with Crippen LogP contribution in [0, 0.1) is 0 Å². The quantitative estimate of drug-likeness (QED) is 0.379. The van der Waals surface area contributed by atoms with Gasteiger partial charge in [-0.05, 0) is 42.5 Å². The Morgan fingerprint density at radius 1 is 0.720 bits per heavy atom. The number of ether oxygens (including phenoxy) is 1. The molecule has 0 radical (unpaired) electrons. The molecule has 0 amide bonds. The van der Waals surface area contributed by atoms with E-state index in [1.54, 1.807) is 18.0 Å². The fraction of sp³-hybridized carbons (Fsp3) is 0. The van der Waals surface area contributed by atoms with E-state index in [1.165, 1.54) is 0 Å². The van der Waals surface area contributed by atoms with E-state index in [1.807, 2.05) is 60.7 Å². The highest BCUT2D eigenvalue weighted by Gasteiger charge is 2.19. The lowest BCUT2D eigenvalue weighted by Crippen LogP contribution is -1.94. The van der Waals surface area contributed by atoms with Crippen molar-refractivity contribution < 1.29 is 9.15 Å². The molecular weight excluding hydrogens is 330 g/mol. The molecule has 0 spiro atoms. The average Bonchev–Trinajstić information content (AvgIpc) is 3.17. The minimum atomic E-state index is 0.627. The van der Waals surface area contributed by atoms with E-state index in [-0.39, 0.29) is 0 Å².